The molecule has 266 valence electrons. The molecule has 5 nitrogen and oxygen atoms in total. The predicted molar refractivity (Wildman–Crippen MR) is 236 cm³/mol. The van der Waals surface area contributed by atoms with Crippen LogP contribution in [0.2, 0.25) is 0 Å². The van der Waals surface area contributed by atoms with Crippen molar-refractivity contribution in [2.75, 3.05) is 0 Å². The van der Waals surface area contributed by atoms with E-state index in [-0.39, 0.29) is 0 Å². The quantitative estimate of drug-likeness (QED) is 0.176. The molecule has 0 radical (unpaired) electrons. The summed E-state index contributed by atoms with van der Waals surface area (Å²) in [7, 11) is 0. The summed E-state index contributed by atoms with van der Waals surface area (Å²) in [5.74, 6) is 1.76. The summed E-state index contributed by atoms with van der Waals surface area (Å²) < 4.78 is 11.3. The lowest BCUT2D eigenvalue weighted by Crippen LogP contribution is -2.01. The summed E-state index contributed by atoms with van der Waals surface area (Å²) in [6.07, 6.45) is 0. The zero-order chi connectivity index (χ0) is 37.5. The van der Waals surface area contributed by atoms with Crippen molar-refractivity contribution < 1.29 is 4.42 Å². The minimum absolute atomic E-state index is 0.562. The fourth-order valence-electron chi connectivity index (χ4n) is 8.39. The number of benzene rings is 8. The van der Waals surface area contributed by atoms with Crippen molar-refractivity contribution in [1.29, 1.82) is 0 Å². The largest absolute Gasteiger partial charge is 0.455 e. The minimum atomic E-state index is 0.562. The van der Waals surface area contributed by atoms with Gasteiger partial charge in [0.1, 0.15) is 11.2 Å². The Morgan fingerprint density at radius 3 is 1.93 bits per heavy atom. The Morgan fingerprint density at radius 1 is 0.386 bits per heavy atom. The van der Waals surface area contributed by atoms with Crippen LogP contribution in [0.15, 0.2) is 186 Å². The molecule has 6 heteroatoms. The lowest BCUT2D eigenvalue weighted by atomic mass is 10.0. The van der Waals surface area contributed by atoms with E-state index >= 15 is 0 Å². The average molecular weight is 747 g/mol. The first-order valence-corrected chi connectivity index (χ1v) is 19.8. The van der Waals surface area contributed by atoms with Gasteiger partial charge in [0.25, 0.3) is 0 Å². The maximum absolute atomic E-state index is 6.50. The van der Waals surface area contributed by atoms with E-state index in [1.807, 2.05) is 24.3 Å². The lowest BCUT2D eigenvalue weighted by molar-refractivity contribution is 0.669. The van der Waals surface area contributed by atoms with Crippen LogP contribution in [0.5, 0.6) is 0 Å². The van der Waals surface area contributed by atoms with Crippen molar-refractivity contribution in [1.82, 2.24) is 19.5 Å². The number of furan rings is 1. The van der Waals surface area contributed by atoms with Gasteiger partial charge in [0.2, 0.25) is 0 Å². The highest BCUT2D eigenvalue weighted by molar-refractivity contribution is 7.25. The van der Waals surface area contributed by atoms with Crippen LogP contribution in [-0.4, -0.2) is 19.5 Å². The number of rotatable bonds is 5. The second-order valence-corrected chi connectivity index (χ2v) is 15.5. The third-order valence-corrected chi connectivity index (χ3v) is 12.2. The number of fused-ring (bicyclic) bond motifs is 9. The highest BCUT2D eigenvalue weighted by Gasteiger charge is 2.20. The van der Waals surface area contributed by atoms with Crippen molar-refractivity contribution >= 4 is 75.3 Å². The molecule has 8 aromatic carbocycles. The molecular weight excluding hydrogens is 717 g/mol. The highest BCUT2D eigenvalue weighted by Crippen LogP contribution is 2.39. The van der Waals surface area contributed by atoms with Gasteiger partial charge in [-0.1, -0.05) is 127 Å². The van der Waals surface area contributed by atoms with Crippen LogP contribution in [0.3, 0.4) is 0 Å². The van der Waals surface area contributed by atoms with Crippen molar-refractivity contribution in [3.63, 3.8) is 0 Å². The molecule has 0 aliphatic rings. The zero-order valence-electron chi connectivity index (χ0n) is 30.4. The topological polar surface area (TPSA) is 56.7 Å². The first-order chi connectivity index (χ1) is 28.2. The molecule has 12 aromatic rings. The van der Waals surface area contributed by atoms with Crippen molar-refractivity contribution in [2.45, 2.75) is 0 Å². The first-order valence-electron chi connectivity index (χ1n) is 19.0. The zero-order valence-corrected chi connectivity index (χ0v) is 31.2. The molecule has 0 saturated heterocycles. The van der Waals surface area contributed by atoms with E-state index in [9.17, 15) is 0 Å². The van der Waals surface area contributed by atoms with E-state index in [1.165, 1.54) is 42.1 Å². The van der Waals surface area contributed by atoms with Crippen LogP contribution in [0, 0.1) is 0 Å². The number of nitrogens with zero attached hydrogens (tertiary/aromatic N) is 4. The number of thiophene rings is 1. The van der Waals surface area contributed by atoms with Crippen LogP contribution in [0.4, 0.5) is 0 Å². The lowest BCUT2D eigenvalue weighted by Gasteiger charge is -2.12. The summed E-state index contributed by atoms with van der Waals surface area (Å²) in [6.45, 7) is 0. The molecule has 0 fully saturated rings. The van der Waals surface area contributed by atoms with Gasteiger partial charge >= 0.3 is 0 Å². The molecule has 0 spiro atoms. The summed E-state index contributed by atoms with van der Waals surface area (Å²) >= 11 is 1.79. The van der Waals surface area contributed by atoms with Crippen LogP contribution in [0.1, 0.15) is 0 Å². The summed E-state index contributed by atoms with van der Waals surface area (Å²) in [5.41, 5.74) is 9.94. The predicted octanol–water partition coefficient (Wildman–Crippen LogP) is 13.9. The molecule has 0 saturated carbocycles. The average Bonchev–Trinajstić information content (AvgIpc) is 3.96. The van der Waals surface area contributed by atoms with E-state index in [0.29, 0.717) is 17.5 Å². The molecule has 0 atom stereocenters. The van der Waals surface area contributed by atoms with Gasteiger partial charge in [-0.2, -0.15) is 0 Å². The van der Waals surface area contributed by atoms with Gasteiger partial charge in [0.15, 0.2) is 17.5 Å². The Bertz CT molecular complexity index is 3540. The second-order valence-electron chi connectivity index (χ2n) is 14.4. The molecule has 0 bridgehead atoms. The van der Waals surface area contributed by atoms with Gasteiger partial charge in [-0.05, 0) is 65.7 Å². The number of hydrogen-bond donors (Lipinski definition) is 0. The van der Waals surface area contributed by atoms with Crippen LogP contribution < -0.4 is 0 Å². The monoisotopic (exact) mass is 746 g/mol. The van der Waals surface area contributed by atoms with Crippen molar-refractivity contribution in [2.24, 2.45) is 0 Å². The molecule has 0 amide bonds. The molecule has 0 N–H and O–H groups in total. The molecule has 0 aliphatic heterocycles. The molecule has 4 heterocycles. The number of hydrogen-bond acceptors (Lipinski definition) is 5. The Morgan fingerprint density at radius 2 is 1.04 bits per heavy atom. The summed E-state index contributed by atoms with van der Waals surface area (Å²) in [5, 5.41) is 7.00. The van der Waals surface area contributed by atoms with Crippen LogP contribution >= 0.6 is 11.3 Å². The Hall–Kier alpha value is -7.41. The highest BCUT2D eigenvalue weighted by atomic mass is 32.1. The first kappa shape index (κ1) is 31.9. The number of para-hydroxylation sites is 3. The normalized spacial score (nSPS) is 11.9. The van der Waals surface area contributed by atoms with Crippen LogP contribution in [-0.2, 0) is 0 Å². The molecule has 0 aliphatic carbocycles. The van der Waals surface area contributed by atoms with Gasteiger partial charge in [-0.3, -0.25) is 0 Å². The number of aromatic nitrogens is 4. The minimum Gasteiger partial charge on any atom is -0.455 e. The standard InChI is InChI=1S/C51H30N4OS/c1-2-12-31(13-3-1)32-25-27-44-42(29-32)36-16-4-7-21-43(36)55(44)35-15-10-14-33(28-35)49-52-50(34-24-26-39-38-18-6-9-23-46(38)57-47(39)30-34)54-51(53-49)41-20-11-19-40-37-17-5-8-22-45(37)56-48(40)41/h1-30H. The van der Waals surface area contributed by atoms with Gasteiger partial charge in [-0.25, -0.2) is 15.0 Å². The van der Waals surface area contributed by atoms with Gasteiger partial charge in [0.05, 0.1) is 16.6 Å². The third kappa shape index (κ3) is 5.12. The van der Waals surface area contributed by atoms with E-state index in [4.69, 9.17) is 19.4 Å². The van der Waals surface area contributed by atoms with Gasteiger partial charge < -0.3 is 8.98 Å². The maximum Gasteiger partial charge on any atom is 0.167 e. The Kier molecular flexibility index (Phi) is 7.03. The third-order valence-electron chi connectivity index (χ3n) is 11.1. The van der Waals surface area contributed by atoms with Crippen molar-refractivity contribution in [3.8, 4) is 51.0 Å². The molecular formula is C51H30N4OS. The SMILES string of the molecule is c1ccc(-c2ccc3c(c2)c2ccccc2n3-c2cccc(-c3nc(-c4ccc5c(c4)sc4ccccc45)nc(-c4cccc5c4oc4ccccc45)n3)c2)cc1. The van der Waals surface area contributed by atoms with Crippen molar-refractivity contribution in [3.05, 3.63) is 182 Å². The van der Waals surface area contributed by atoms with Gasteiger partial charge in [-0.15, -0.1) is 11.3 Å². The van der Waals surface area contributed by atoms with E-state index in [2.05, 4.69) is 162 Å². The Balaban J connectivity index is 1.06. The summed E-state index contributed by atoms with van der Waals surface area (Å²) in [4.78, 5) is 15.6. The second kappa shape index (κ2) is 12.6. The fraction of sp³-hybridized carbons (Fsp3) is 0. The fourth-order valence-corrected chi connectivity index (χ4v) is 9.53. The maximum atomic E-state index is 6.50. The van der Waals surface area contributed by atoms with E-state index < -0.39 is 0 Å². The molecule has 0 unspecified atom stereocenters. The van der Waals surface area contributed by atoms with Gasteiger partial charge in [0, 0.05) is 58.5 Å². The Labute approximate surface area is 330 Å². The van der Waals surface area contributed by atoms with E-state index in [0.717, 1.165) is 55.3 Å². The molecule has 4 aromatic heterocycles. The summed E-state index contributed by atoms with van der Waals surface area (Å²) in [6, 6.07) is 63.9. The van der Waals surface area contributed by atoms with Crippen LogP contribution in [0.25, 0.3) is 115 Å². The smallest absolute Gasteiger partial charge is 0.167 e. The van der Waals surface area contributed by atoms with E-state index in [1.54, 1.807) is 11.3 Å². The molecule has 57 heavy (non-hydrogen) atoms. The molecule has 12 rings (SSSR count).